The molecular weight excluding hydrogens is 297 g/mol. The van der Waals surface area contributed by atoms with Crippen LogP contribution in [0.25, 0.3) is 0 Å². The molecule has 0 spiro atoms. The molecule has 1 atom stereocenters. The highest BCUT2D eigenvalue weighted by Crippen LogP contribution is 2.31. The second-order valence-electron chi connectivity index (χ2n) is 5.94. The number of methoxy groups -OCH3 is 1. The third kappa shape index (κ3) is 2.53. The Bertz CT molecular complexity index is 743. The van der Waals surface area contributed by atoms with Gasteiger partial charge in [-0.05, 0) is 13.0 Å². The number of carbonyl (C=O) groups excluding carboxylic acids is 1. The quantitative estimate of drug-likeness (QED) is 0.870. The smallest absolute Gasteiger partial charge is 0.259 e. The summed E-state index contributed by atoms with van der Waals surface area (Å²) in [7, 11) is 3.38. The fraction of sp³-hybridized carbons (Fsp3) is 0.412. The van der Waals surface area contributed by atoms with Crippen molar-refractivity contribution in [2.24, 2.45) is 7.05 Å². The summed E-state index contributed by atoms with van der Waals surface area (Å²) in [6.45, 7) is 2.60. The number of rotatable bonds is 3. The van der Waals surface area contributed by atoms with E-state index in [1.165, 1.54) is 13.2 Å². The fourth-order valence-corrected chi connectivity index (χ4v) is 3.09. The molecule has 3 rings (SSSR count). The monoisotopic (exact) mass is 317 g/mol. The van der Waals surface area contributed by atoms with E-state index in [4.69, 9.17) is 4.74 Å². The second kappa shape index (κ2) is 5.77. The van der Waals surface area contributed by atoms with Crippen LogP contribution in [0.4, 0.5) is 4.39 Å². The Morgan fingerprint density at radius 2 is 2.13 bits per heavy atom. The number of ether oxygens (including phenoxy) is 1. The minimum absolute atomic E-state index is 0.249. The summed E-state index contributed by atoms with van der Waals surface area (Å²) in [5.41, 5.74) is 0.926. The van der Waals surface area contributed by atoms with Gasteiger partial charge in [0.25, 0.3) is 5.91 Å². The molecule has 0 saturated heterocycles. The van der Waals surface area contributed by atoms with Gasteiger partial charge in [0.05, 0.1) is 18.6 Å². The number of nitrogens with zero attached hydrogens (tertiary/aromatic N) is 3. The number of benzene rings is 1. The van der Waals surface area contributed by atoms with Crippen molar-refractivity contribution >= 4 is 5.91 Å². The van der Waals surface area contributed by atoms with Gasteiger partial charge in [0.1, 0.15) is 5.82 Å². The van der Waals surface area contributed by atoms with Gasteiger partial charge in [0.2, 0.25) is 0 Å². The van der Waals surface area contributed by atoms with E-state index in [2.05, 4.69) is 4.98 Å². The molecule has 0 saturated carbocycles. The van der Waals surface area contributed by atoms with Crippen LogP contribution in [0.5, 0.6) is 0 Å². The van der Waals surface area contributed by atoms with Crippen LogP contribution in [0, 0.1) is 5.82 Å². The zero-order valence-electron chi connectivity index (χ0n) is 13.5. The minimum Gasteiger partial charge on any atom is -0.364 e. The lowest BCUT2D eigenvalue weighted by Crippen LogP contribution is -2.48. The van der Waals surface area contributed by atoms with E-state index in [-0.39, 0.29) is 11.5 Å². The van der Waals surface area contributed by atoms with Crippen LogP contribution in [0.2, 0.25) is 0 Å². The van der Waals surface area contributed by atoms with Crippen LogP contribution in [0.3, 0.4) is 0 Å². The highest BCUT2D eigenvalue weighted by atomic mass is 19.1. The molecule has 1 aromatic carbocycles. The Labute approximate surface area is 134 Å². The third-order valence-corrected chi connectivity index (χ3v) is 4.60. The predicted octanol–water partition coefficient (Wildman–Crippen LogP) is 2.01. The normalized spacial score (nSPS) is 16.8. The summed E-state index contributed by atoms with van der Waals surface area (Å²) in [6, 6.07) is 6.23. The van der Waals surface area contributed by atoms with E-state index < -0.39 is 11.4 Å². The first-order valence-corrected chi connectivity index (χ1v) is 7.56. The zero-order valence-corrected chi connectivity index (χ0v) is 13.5. The summed E-state index contributed by atoms with van der Waals surface area (Å²) in [5, 5.41) is 0. The van der Waals surface area contributed by atoms with Gasteiger partial charge in [0, 0.05) is 38.4 Å². The predicted molar refractivity (Wildman–Crippen MR) is 83.1 cm³/mol. The number of carbonyl (C=O) groups is 1. The van der Waals surface area contributed by atoms with Gasteiger partial charge in [-0.2, -0.15) is 0 Å². The van der Waals surface area contributed by atoms with Crippen LogP contribution < -0.4 is 0 Å². The molecule has 0 N–H and O–H groups in total. The molecular formula is C17H20FN3O2. The summed E-state index contributed by atoms with van der Waals surface area (Å²) in [4.78, 5) is 19.0. The molecule has 1 aromatic heterocycles. The number of hydrogen-bond donors (Lipinski definition) is 0. The highest BCUT2D eigenvalue weighted by molar-refractivity contribution is 5.86. The van der Waals surface area contributed by atoms with Crippen molar-refractivity contribution < 1.29 is 13.9 Å². The lowest BCUT2D eigenvalue weighted by atomic mass is 9.92. The van der Waals surface area contributed by atoms with Crippen LogP contribution >= 0.6 is 0 Å². The first kappa shape index (κ1) is 15.7. The van der Waals surface area contributed by atoms with E-state index in [0.717, 1.165) is 17.8 Å². The fourth-order valence-electron chi connectivity index (χ4n) is 3.09. The number of aryl methyl sites for hydroxylation is 1. The Balaban J connectivity index is 1.91. The molecule has 0 bridgehead atoms. The van der Waals surface area contributed by atoms with Gasteiger partial charge in [-0.25, -0.2) is 9.37 Å². The summed E-state index contributed by atoms with van der Waals surface area (Å²) in [5.74, 6) is -0.692. The minimum atomic E-state index is -1.35. The molecule has 1 amide bonds. The highest BCUT2D eigenvalue weighted by Gasteiger charge is 2.41. The van der Waals surface area contributed by atoms with Gasteiger partial charge in [-0.3, -0.25) is 4.79 Å². The molecule has 2 heterocycles. The Hall–Kier alpha value is -2.21. The maximum absolute atomic E-state index is 14.2. The largest absolute Gasteiger partial charge is 0.364 e. The number of imidazole rings is 1. The molecule has 0 aliphatic carbocycles. The first-order chi connectivity index (χ1) is 11.0. The Morgan fingerprint density at radius 3 is 2.83 bits per heavy atom. The van der Waals surface area contributed by atoms with Gasteiger partial charge >= 0.3 is 0 Å². The van der Waals surface area contributed by atoms with Crippen molar-refractivity contribution in [2.45, 2.75) is 25.5 Å². The summed E-state index contributed by atoms with van der Waals surface area (Å²) >= 11 is 0. The van der Waals surface area contributed by atoms with Crippen molar-refractivity contribution in [1.82, 2.24) is 14.5 Å². The molecule has 5 nitrogen and oxygen atoms in total. The van der Waals surface area contributed by atoms with E-state index >= 15 is 0 Å². The molecule has 0 radical (unpaired) electrons. The van der Waals surface area contributed by atoms with Crippen LogP contribution in [0.15, 0.2) is 30.6 Å². The van der Waals surface area contributed by atoms with E-state index in [1.807, 2.05) is 11.6 Å². The van der Waals surface area contributed by atoms with Gasteiger partial charge in [-0.1, -0.05) is 18.2 Å². The standard InChI is InChI=1S/C17H20FN3O2/c1-17(23-3,12-6-4-5-7-13(12)18)16(22)21-9-8-15-14(10-21)19-11-20(15)2/h4-7,11H,8-10H2,1-3H3. The van der Waals surface area contributed by atoms with Crippen molar-refractivity contribution in [3.8, 4) is 0 Å². The van der Waals surface area contributed by atoms with Gasteiger partial charge in [0.15, 0.2) is 5.60 Å². The molecule has 6 heteroatoms. The molecule has 1 aliphatic heterocycles. The molecule has 23 heavy (non-hydrogen) atoms. The molecule has 1 unspecified atom stereocenters. The van der Waals surface area contributed by atoms with Crippen molar-refractivity contribution in [1.29, 1.82) is 0 Å². The average molecular weight is 317 g/mol. The van der Waals surface area contributed by atoms with Crippen LogP contribution in [0.1, 0.15) is 23.9 Å². The van der Waals surface area contributed by atoms with Crippen molar-refractivity contribution in [2.75, 3.05) is 13.7 Å². The maximum atomic E-state index is 14.2. The topological polar surface area (TPSA) is 47.4 Å². The average Bonchev–Trinajstić information content (AvgIpc) is 2.94. The molecule has 0 fully saturated rings. The maximum Gasteiger partial charge on any atom is 0.259 e. The molecule has 2 aromatic rings. The lowest BCUT2D eigenvalue weighted by Gasteiger charge is -2.35. The van der Waals surface area contributed by atoms with Gasteiger partial charge < -0.3 is 14.2 Å². The lowest BCUT2D eigenvalue weighted by molar-refractivity contribution is -0.155. The number of halogens is 1. The molecule has 1 aliphatic rings. The second-order valence-corrected chi connectivity index (χ2v) is 5.94. The summed E-state index contributed by atoms with van der Waals surface area (Å²) < 4.78 is 21.6. The van der Waals surface area contributed by atoms with Crippen LogP contribution in [-0.2, 0) is 35.1 Å². The van der Waals surface area contributed by atoms with Crippen LogP contribution in [-0.4, -0.2) is 34.0 Å². The third-order valence-electron chi connectivity index (χ3n) is 4.60. The van der Waals surface area contributed by atoms with E-state index in [9.17, 15) is 9.18 Å². The summed E-state index contributed by atoms with van der Waals surface area (Å²) in [6.07, 6.45) is 2.49. The number of fused-ring (bicyclic) bond motifs is 1. The first-order valence-electron chi connectivity index (χ1n) is 7.56. The Kier molecular flexibility index (Phi) is 3.93. The SMILES string of the molecule is COC(C)(C(=O)N1CCc2c(ncn2C)C1)c1ccccc1F. The van der Waals surface area contributed by atoms with Crippen molar-refractivity contribution in [3.63, 3.8) is 0 Å². The van der Waals surface area contributed by atoms with E-state index in [0.29, 0.717) is 13.1 Å². The molecule has 122 valence electrons. The van der Waals surface area contributed by atoms with Crippen molar-refractivity contribution in [3.05, 3.63) is 53.4 Å². The van der Waals surface area contributed by atoms with Gasteiger partial charge in [-0.15, -0.1) is 0 Å². The zero-order chi connectivity index (χ0) is 16.6. The number of hydrogen-bond acceptors (Lipinski definition) is 3. The van der Waals surface area contributed by atoms with E-state index in [1.54, 1.807) is 36.4 Å². The number of amides is 1. The number of aromatic nitrogens is 2. The Morgan fingerprint density at radius 1 is 1.39 bits per heavy atom.